The van der Waals surface area contributed by atoms with Crippen molar-refractivity contribution in [3.8, 4) is 6.07 Å². The number of nitrogens with zero attached hydrogens (tertiary/aromatic N) is 2. The van der Waals surface area contributed by atoms with Gasteiger partial charge in [0.25, 0.3) is 0 Å². The van der Waals surface area contributed by atoms with Crippen LogP contribution in [0.1, 0.15) is 25.3 Å². The van der Waals surface area contributed by atoms with E-state index in [2.05, 4.69) is 0 Å². The molecule has 21 heavy (non-hydrogen) atoms. The van der Waals surface area contributed by atoms with Gasteiger partial charge in [-0.2, -0.15) is 9.57 Å². The molecule has 1 heterocycles. The molecule has 2 atom stereocenters. The van der Waals surface area contributed by atoms with Crippen LogP contribution in [0.25, 0.3) is 0 Å². The minimum atomic E-state index is -3.91. The zero-order chi connectivity index (χ0) is 15.6. The molecule has 1 saturated heterocycles. The van der Waals surface area contributed by atoms with Gasteiger partial charge >= 0.3 is 5.97 Å². The zero-order valence-electron chi connectivity index (χ0n) is 11.6. The van der Waals surface area contributed by atoms with Crippen LogP contribution < -0.4 is 0 Å². The Bertz CT molecular complexity index is 693. The van der Waals surface area contributed by atoms with Gasteiger partial charge in [0.15, 0.2) is 0 Å². The van der Waals surface area contributed by atoms with Crippen LogP contribution in [-0.4, -0.2) is 36.4 Å². The van der Waals surface area contributed by atoms with Gasteiger partial charge in [0.1, 0.15) is 6.04 Å². The topological polar surface area (TPSA) is 98.5 Å². The predicted molar refractivity (Wildman–Crippen MR) is 74.9 cm³/mol. The molecule has 0 saturated carbocycles. The smallest absolute Gasteiger partial charge is 0.322 e. The van der Waals surface area contributed by atoms with Crippen molar-refractivity contribution in [1.29, 1.82) is 5.26 Å². The number of sulfonamides is 1. The van der Waals surface area contributed by atoms with E-state index >= 15 is 0 Å². The minimum Gasteiger partial charge on any atom is -0.480 e. The number of hydrogen-bond acceptors (Lipinski definition) is 4. The first kappa shape index (κ1) is 15.5. The molecule has 7 heteroatoms. The number of benzene rings is 1. The molecule has 1 aliphatic heterocycles. The first-order chi connectivity index (χ1) is 9.86. The molecule has 1 N–H and O–H groups in total. The Balaban J connectivity index is 2.42. The van der Waals surface area contributed by atoms with Crippen molar-refractivity contribution < 1.29 is 18.3 Å². The molecule has 0 radical (unpaired) electrons. The molecule has 0 bridgehead atoms. The SMILES string of the molecule is CC1CCN(S(=O)(=O)c2cccc(C#N)c2)C(C(=O)O)C1. The van der Waals surface area contributed by atoms with E-state index in [1.807, 2.05) is 13.0 Å². The number of aliphatic carboxylic acids is 1. The van der Waals surface area contributed by atoms with Crippen LogP contribution in [-0.2, 0) is 14.8 Å². The minimum absolute atomic E-state index is 0.0395. The van der Waals surface area contributed by atoms with Crippen molar-refractivity contribution >= 4 is 16.0 Å². The van der Waals surface area contributed by atoms with Gasteiger partial charge in [-0.1, -0.05) is 13.0 Å². The maximum atomic E-state index is 12.6. The fourth-order valence-electron chi connectivity index (χ4n) is 2.49. The average Bonchev–Trinajstić information content (AvgIpc) is 2.46. The Hall–Kier alpha value is -1.91. The molecule has 0 aliphatic carbocycles. The van der Waals surface area contributed by atoms with E-state index in [1.165, 1.54) is 24.3 Å². The summed E-state index contributed by atoms with van der Waals surface area (Å²) in [5.74, 6) is -0.968. The quantitative estimate of drug-likeness (QED) is 0.910. The van der Waals surface area contributed by atoms with Crippen molar-refractivity contribution in [2.24, 2.45) is 5.92 Å². The van der Waals surface area contributed by atoms with Gasteiger partial charge in [0.05, 0.1) is 16.5 Å². The van der Waals surface area contributed by atoms with Crippen LogP contribution in [0.5, 0.6) is 0 Å². The number of carboxylic acids is 1. The molecule has 112 valence electrons. The molecule has 0 spiro atoms. The highest BCUT2D eigenvalue weighted by molar-refractivity contribution is 7.89. The first-order valence-electron chi connectivity index (χ1n) is 6.61. The van der Waals surface area contributed by atoms with E-state index in [-0.39, 0.29) is 22.9 Å². The van der Waals surface area contributed by atoms with Crippen molar-refractivity contribution in [1.82, 2.24) is 4.31 Å². The maximum Gasteiger partial charge on any atom is 0.322 e. The third kappa shape index (κ3) is 3.06. The summed E-state index contributed by atoms with van der Waals surface area (Å²) in [7, 11) is -3.91. The summed E-state index contributed by atoms with van der Waals surface area (Å²) >= 11 is 0. The van der Waals surface area contributed by atoms with Gasteiger partial charge in [0, 0.05) is 6.54 Å². The van der Waals surface area contributed by atoms with E-state index in [0.29, 0.717) is 12.8 Å². The Labute approximate surface area is 123 Å². The highest BCUT2D eigenvalue weighted by Gasteiger charge is 2.39. The lowest BCUT2D eigenvalue weighted by Crippen LogP contribution is -2.49. The number of carbonyl (C=O) groups is 1. The van der Waals surface area contributed by atoms with Crippen LogP contribution in [0, 0.1) is 17.2 Å². The molecule has 1 aromatic carbocycles. The molecule has 6 nitrogen and oxygen atoms in total. The predicted octanol–water partition coefficient (Wildman–Crippen LogP) is 1.43. The molecule has 2 rings (SSSR count). The number of rotatable bonds is 3. The highest BCUT2D eigenvalue weighted by atomic mass is 32.2. The molecule has 0 amide bonds. The Morgan fingerprint density at radius 2 is 2.19 bits per heavy atom. The second-order valence-corrected chi connectivity index (χ2v) is 7.13. The van der Waals surface area contributed by atoms with E-state index in [1.54, 1.807) is 0 Å². The van der Waals surface area contributed by atoms with Crippen LogP contribution in [0.2, 0.25) is 0 Å². The van der Waals surface area contributed by atoms with Crippen LogP contribution in [0.4, 0.5) is 0 Å². The molecule has 1 aromatic rings. The zero-order valence-corrected chi connectivity index (χ0v) is 12.4. The molecular weight excluding hydrogens is 292 g/mol. The number of hydrogen-bond donors (Lipinski definition) is 1. The lowest BCUT2D eigenvalue weighted by atomic mass is 9.94. The third-order valence-corrected chi connectivity index (χ3v) is 5.57. The largest absolute Gasteiger partial charge is 0.480 e. The van der Waals surface area contributed by atoms with Gasteiger partial charge < -0.3 is 5.11 Å². The normalized spacial score (nSPS) is 23.4. The standard InChI is InChI=1S/C14H16N2O4S/c1-10-5-6-16(13(7-10)14(17)18)21(19,20)12-4-2-3-11(8-12)9-15/h2-4,8,10,13H,5-7H2,1H3,(H,17,18). The molecule has 1 aliphatic rings. The second kappa shape index (κ2) is 5.84. The van der Waals surface area contributed by atoms with Gasteiger partial charge in [-0.25, -0.2) is 8.42 Å². The number of carboxylic acid groups (broad SMARTS) is 1. The number of nitriles is 1. The monoisotopic (exact) mass is 308 g/mol. The van der Waals surface area contributed by atoms with Crippen molar-refractivity contribution in [3.05, 3.63) is 29.8 Å². The number of piperidine rings is 1. The lowest BCUT2D eigenvalue weighted by Gasteiger charge is -2.34. The third-order valence-electron chi connectivity index (χ3n) is 3.67. The van der Waals surface area contributed by atoms with Crippen molar-refractivity contribution in [2.75, 3.05) is 6.54 Å². The Morgan fingerprint density at radius 1 is 1.48 bits per heavy atom. The summed E-state index contributed by atoms with van der Waals surface area (Å²) in [4.78, 5) is 11.3. The van der Waals surface area contributed by atoms with E-state index in [9.17, 15) is 18.3 Å². The van der Waals surface area contributed by atoms with Crippen molar-refractivity contribution in [2.45, 2.75) is 30.7 Å². The van der Waals surface area contributed by atoms with Gasteiger partial charge in [0.2, 0.25) is 10.0 Å². The Morgan fingerprint density at radius 3 is 2.81 bits per heavy atom. The molecule has 0 aromatic heterocycles. The van der Waals surface area contributed by atoms with E-state index in [4.69, 9.17) is 5.26 Å². The van der Waals surface area contributed by atoms with E-state index in [0.717, 1.165) is 4.31 Å². The molecule has 1 fully saturated rings. The molecular formula is C14H16N2O4S. The van der Waals surface area contributed by atoms with Gasteiger partial charge in [-0.05, 0) is 37.0 Å². The van der Waals surface area contributed by atoms with Gasteiger partial charge in [-0.3, -0.25) is 4.79 Å². The van der Waals surface area contributed by atoms with Crippen LogP contribution in [0.15, 0.2) is 29.2 Å². The van der Waals surface area contributed by atoms with Crippen molar-refractivity contribution in [3.63, 3.8) is 0 Å². The summed E-state index contributed by atoms with van der Waals surface area (Å²) < 4.78 is 26.3. The fourth-order valence-corrected chi connectivity index (χ4v) is 4.15. The molecule has 2 unspecified atom stereocenters. The highest BCUT2D eigenvalue weighted by Crippen LogP contribution is 2.28. The second-order valence-electron chi connectivity index (χ2n) is 5.24. The van der Waals surface area contributed by atoms with Crippen LogP contribution >= 0.6 is 0 Å². The summed E-state index contributed by atoms with van der Waals surface area (Å²) in [6.07, 6.45) is 0.924. The van der Waals surface area contributed by atoms with E-state index < -0.39 is 22.0 Å². The maximum absolute atomic E-state index is 12.6. The summed E-state index contributed by atoms with van der Waals surface area (Å²) in [5, 5.41) is 18.1. The first-order valence-corrected chi connectivity index (χ1v) is 8.05. The summed E-state index contributed by atoms with van der Waals surface area (Å²) in [6, 6.07) is 6.47. The summed E-state index contributed by atoms with van der Waals surface area (Å²) in [6.45, 7) is 2.09. The lowest BCUT2D eigenvalue weighted by molar-refractivity contribution is -0.143. The average molecular weight is 308 g/mol. The van der Waals surface area contributed by atoms with Gasteiger partial charge in [-0.15, -0.1) is 0 Å². The van der Waals surface area contributed by atoms with Crippen LogP contribution in [0.3, 0.4) is 0 Å². The Kier molecular flexibility index (Phi) is 4.30. The summed E-state index contributed by atoms with van der Waals surface area (Å²) in [5.41, 5.74) is 0.230. The fraction of sp³-hybridized carbons (Fsp3) is 0.429.